The number of hydrogen-bond acceptors (Lipinski definition) is 3. The number of aromatic hydroxyl groups is 1. The maximum Gasteiger partial charge on any atom is 0.121 e. The van der Waals surface area contributed by atoms with E-state index in [1.807, 2.05) is 13.8 Å². The number of hydrogen-bond donors (Lipinski definition) is 2. The van der Waals surface area contributed by atoms with Gasteiger partial charge in [0.15, 0.2) is 0 Å². The molecule has 21 heavy (non-hydrogen) atoms. The first kappa shape index (κ1) is 18.6. The van der Waals surface area contributed by atoms with E-state index in [1.165, 1.54) is 18.4 Å². The van der Waals surface area contributed by atoms with Gasteiger partial charge < -0.3 is 10.4 Å². The van der Waals surface area contributed by atoms with Crippen LogP contribution in [0.3, 0.4) is 0 Å². The van der Waals surface area contributed by atoms with Crippen LogP contribution in [0.5, 0.6) is 5.75 Å². The van der Waals surface area contributed by atoms with Crippen molar-refractivity contribution in [1.29, 1.82) is 0 Å². The predicted molar refractivity (Wildman–Crippen MR) is 92.0 cm³/mol. The number of nitrogens with zero attached hydrogens (tertiary/aromatic N) is 1. The molecule has 3 rings (SSSR count). The highest BCUT2D eigenvalue weighted by Gasteiger charge is 2.36. The van der Waals surface area contributed by atoms with Crippen LogP contribution in [0, 0.1) is 19.8 Å². The molecule has 1 saturated carbocycles. The first-order valence-electron chi connectivity index (χ1n) is 7.41. The smallest absolute Gasteiger partial charge is 0.121 e. The van der Waals surface area contributed by atoms with Crippen molar-refractivity contribution < 1.29 is 5.11 Å². The van der Waals surface area contributed by atoms with Gasteiger partial charge in [-0.3, -0.25) is 4.90 Å². The SMILES string of the molecule is Cc1cc([C@H](C2CC2)N2CCNCC2)cc(C)c1O.Cl.Cl. The zero-order chi connectivity index (χ0) is 13.4. The number of piperazine rings is 1. The van der Waals surface area contributed by atoms with Crippen molar-refractivity contribution in [2.24, 2.45) is 5.92 Å². The molecule has 0 unspecified atom stereocenters. The van der Waals surface area contributed by atoms with Gasteiger partial charge in [-0.25, -0.2) is 0 Å². The Morgan fingerprint density at radius 3 is 2.10 bits per heavy atom. The van der Waals surface area contributed by atoms with Crippen molar-refractivity contribution in [3.63, 3.8) is 0 Å². The zero-order valence-corrected chi connectivity index (χ0v) is 14.4. The lowest BCUT2D eigenvalue weighted by Gasteiger charge is -2.36. The summed E-state index contributed by atoms with van der Waals surface area (Å²) in [7, 11) is 0. The maximum atomic E-state index is 9.95. The number of rotatable bonds is 3. The molecule has 2 aliphatic rings. The second-order valence-corrected chi connectivity index (χ2v) is 6.07. The second-order valence-electron chi connectivity index (χ2n) is 6.07. The molecule has 5 heteroatoms. The molecule has 1 saturated heterocycles. The van der Waals surface area contributed by atoms with E-state index >= 15 is 0 Å². The van der Waals surface area contributed by atoms with Crippen LogP contribution >= 0.6 is 24.8 Å². The number of nitrogens with one attached hydrogen (secondary N) is 1. The topological polar surface area (TPSA) is 35.5 Å². The molecule has 1 atom stereocenters. The normalized spacial score (nSPS) is 20.3. The van der Waals surface area contributed by atoms with Crippen LogP contribution in [-0.2, 0) is 0 Å². The summed E-state index contributed by atoms with van der Waals surface area (Å²) in [6.45, 7) is 8.49. The van der Waals surface area contributed by atoms with Gasteiger partial charge in [0, 0.05) is 32.2 Å². The lowest BCUT2D eigenvalue weighted by Crippen LogP contribution is -2.45. The minimum absolute atomic E-state index is 0. The fourth-order valence-corrected chi connectivity index (χ4v) is 3.31. The first-order valence-corrected chi connectivity index (χ1v) is 7.41. The Balaban J connectivity index is 0.00000110. The first-order chi connectivity index (χ1) is 9.16. The fourth-order valence-electron chi connectivity index (χ4n) is 3.31. The van der Waals surface area contributed by atoms with E-state index in [0.29, 0.717) is 11.8 Å². The van der Waals surface area contributed by atoms with Crippen LogP contribution in [0.2, 0.25) is 0 Å². The molecule has 1 heterocycles. The third kappa shape index (κ3) is 4.04. The lowest BCUT2D eigenvalue weighted by molar-refractivity contribution is 0.156. The average Bonchev–Trinajstić information content (AvgIpc) is 3.22. The molecule has 0 aromatic heterocycles. The van der Waals surface area contributed by atoms with E-state index in [9.17, 15) is 5.11 Å². The molecule has 2 N–H and O–H groups in total. The quantitative estimate of drug-likeness (QED) is 0.892. The van der Waals surface area contributed by atoms with E-state index in [-0.39, 0.29) is 24.8 Å². The molecule has 1 aromatic carbocycles. The molecular weight excluding hydrogens is 307 g/mol. The Bertz CT molecular complexity index is 448. The summed E-state index contributed by atoms with van der Waals surface area (Å²) in [6, 6.07) is 4.93. The summed E-state index contributed by atoms with van der Waals surface area (Å²) in [4.78, 5) is 2.62. The van der Waals surface area contributed by atoms with Gasteiger partial charge in [0.05, 0.1) is 0 Å². The average molecular weight is 333 g/mol. The highest BCUT2D eigenvalue weighted by Crippen LogP contribution is 2.45. The van der Waals surface area contributed by atoms with Crippen LogP contribution in [-0.4, -0.2) is 36.2 Å². The van der Waals surface area contributed by atoms with E-state index in [4.69, 9.17) is 0 Å². The van der Waals surface area contributed by atoms with E-state index in [0.717, 1.165) is 43.2 Å². The molecule has 3 nitrogen and oxygen atoms in total. The predicted octanol–water partition coefficient (Wildman–Crippen LogP) is 3.21. The summed E-state index contributed by atoms with van der Waals surface area (Å²) in [6.07, 6.45) is 2.71. The van der Waals surface area contributed by atoms with Crippen LogP contribution < -0.4 is 5.32 Å². The van der Waals surface area contributed by atoms with Gasteiger partial charge in [-0.2, -0.15) is 0 Å². The minimum Gasteiger partial charge on any atom is -0.507 e. The monoisotopic (exact) mass is 332 g/mol. The standard InChI is InChI=1S/C16H24N2O.2ClH/c1-11-9-14(10-12(2)16(11)19)15(13-3-4-13)18-7-5-17-6-8-18;;/h9-10,13,15,17,19H,3-8H2,1-2H3;2*1H/t15-;;/m0../s1. The summed E-state index contributed by atoms with van der Waals surface area (Å²) in [5.74, 6) is 1.28. The van der Waals surface area contributed by atoms with Crippen molar-refractivity contribution in [3.05, 3.63) is 28.8 Å². The van der Waals surface area contributed by atoms with Gasteiger partial charge in [-0.1, -0.05) is 12.1 Å². The molecule has 0 amide bonds. The van der Waals surface area contributed by atoms with Gasteiger partial charge in [0.2, 0.25) is 0 Å². The third-order valence-electron chi connectivity index (χ3n) is 4.47. The number of benzene rings is 1. The Morgan fingerprint density at radius 2 is 1.62 bits per heavy atom. The number of aryl methyl sites for hydroxylation is 2. The molecule has 1 aliphatic heterocycles. The molecule has 1 aromatic rings. The Labute approximate surface area is 139 Å². The Hall–Kier alpha value is -0.480. The third-order valence-corrected chi connectivity index (χ3v) is 4.47. The van der Waals surface area contributed by atoms with Crippen molar-refractivity contribution in [2.75, 3.05) is 26.2 Å². The van der Waals surface area contributed by atoms with Crippen molar-refractivity contribution in [2.45, 2.75) is 32.7 Å². The molecule has 120 valence electrons. The molecule has 0 spiro atoms. The van der Waals surface area contributed by atoms with Gasteiger partial charge >= 0.3 is 0 Å². The fraction of sp³-hybridized carbons (Fsp3) is 0.625. The van der Waals surface area contributed by atoms with Crippen molar-refractivity contribution in [3.8, 4) is 5.75 Å². The van der Waals surface area contributed by atoms with E-state index in [2.05, 4.69) is 22.3 Å². The van der Waals surface area contributed by atoms with E-state index < -0.39 is 0 Å². The molecule has 2 fully saturated rings. The van der Waals surface area contributed by atoms with Crippen LogP contribution in [0.25, 0.3) is 0 Å². The summed E-state index contributed by atoms with van der Waals surface area (Å²) in [5.41, 5.74) is 3.42. The highest BCUT2D eigenvalue weighted by atomic mass is 35.5. The molecule has 0 bridgehead atoms. The molecule has 0 radical (unpaired) electrons. The van der Waals surface area contributed by atoms with Gasteiger partial charge in [-0.05, 0) is 49.3 Å². The minimum atomic E-state index is 0. The number of phenolic OH excluding ortho intramolecular Hbond substituents is 1. The maximum absolute atomic E-state index is 9.95. The molecule has 1 aliphatic carbocycles. The second kappa shape index (κ2) is 7.68. The summed E-state index contributed by atoms with van der Waals surface area (Å²) < 4.78 is 0. The van der Waals surface area contributed by atoms with Crippen LogP contribution in [0.1, 0.15) is 35.6 Å². The lowest BCUT2D eigenvalue weighted by atomic mass is 9.95. The van der Waals surface area contributed by atoms with Crippen molar-refractivity contribution >= 4 is 24.8 Å². The Kier molecular flexibility index (Phi) is 6.79. The highest BCUT2D eigenvalue weighted by molar-refractivity contribution is 5.85. The summed E-state index contributed by atoms with van der Waals surface area (Å²) in [5, 5.41) is 13.4. The van der Waals surface area contributed by atoms with E-state index in [1.54, 1.807) is 0 Å². The number of phenols is 1. The van der Waals surface area contributed by atoms with Gasteiger partial charge in [0.1, 0.15) is 5.75 Å². The van der Waals surface area contributed by atoms with Crippen molar-refractivity contribution in [1.82, 2.24) is 10.2 Å². The van der Waals surface area contributed by atoms with Gasteiger partial charge in [-0.15, -0.1) is 24.8 Å². The largest absolute Gasteiger partial charge is 0.507 e. The summed E-state index contributed by atoms with van der Waals surface area (Å²) >= 11 is 0. The Morgan fingerprint density at radius 1 is 1.10 bits per heavy atom. The molecular formula is C16H26Cl2N2O. The van der Waals surface area contributed by atoms with Crippen LogP contribution in [0.15, 0.2) is 12.1 Å². The zero-order valence-electron chi connectivity index (χ0n) is 12.8. The van der Waals surface area contributed by atoms with Gasteiger partial charge in [0.25, 0.3) is 0 Å². The van der Waals surface area contributed by atoms with Crippen LogP contribution in [0.4, 0.5) is 0 Å². The number of halogens is 2.